The first kappa shape index (κ1) is 31.5. The summed E-state index contributed by atoms with van der Waals surface area (Å²) < 4.78 is 36.5. The summed E-state index contributed by atoms with van der Waals surface area (Å²) in [7, 11) is -2.16. The number of sulfonamides is 1. The molecule has 1 saturated heterocycles. The number of aromatic nitrogens is 1. The highest BCUT2D eigenvalue weighted by atomic mass is 127. The molecule has 3 heterocycles. The Morgan fingerprint density at radius 1 is 0.956 bits per heavy atom. The van der Waals surface area contributed by atoms with E-state index in [4.69, 9.17) is 4.74 Å². The maximum atomic E-state index is 15.0. The maximum absolute atomic E-state index is 15.0. The molecular weight excluding hydrogens is 701 g/mol. The van der Waals surface area contributed by atoms with Crippen molar-refractivity contribution >= 4 is 49.9 Å². The van der Waals surface area contributed by atoms with Crippen LogP contribution in [0.15, 0.2) is 90.0 Å². The first-order valence-corrected chi connectivity index (χ1v) is 17.5. The number of carbonyl (C=O) groups excluding carboxylic acids is 1. The fourth-order valence-corrected chi connectivity index (χ4v) is 8.35. The lowest BCUT2D eigenvalue weighted by atomic mass is 9.84. The summed E-state index contributed by atoms with van der Waals surface area (Å²) >= 11 is 2.19. The van der Waals surface area contributed by atoms with Crippen molar-refractivity contribution in [2.45, 2.75) is 30.8 Å². The lowest BCUT2D eigenvalue weighted by molar-refractivity contribution is -0.121. The molecule has 0 radical (unpaired) electrons. The topological polar surface area (TPSA) is 95.1 Å². The summed E-state index contributed by atoms with van der Waals surface area (Å²) in [5.41, 5.74) is 2.32. The summed E-state index contributed by atoms with van der Waals surface area (Å²) in [4.78, 5) is 24.3. The number of fused-ring (bicyclic) bond motifs is 1. The van der Waals surface area contributed by atoms with Crippen LogP contribution in [-0.2, 0) is 26.9 Å². The molecular formula is C34H36IN5O4S. The minimum atomic E-state index is -4.29. The molecule has 1 unspecified atom stereocenters. The van der Waals surface area contributed by atoms with Crippen LogP contribution < -0.4 is 19.3 Å². The van der Waals surface area contributed by atoms with Gasteiger partial charge >= 0.3 is 0 Å². The summed E-state index contributed by atoms with van der Waals surface area (Å²) in [6.07, 6.45) is 1.61. The van der Waals surface area contributed by atoms with Crippen molar-refractivity contribution in [1.82, 2.24) is 15.2 Å². The highest BCUT2D eigenvalue weighted by Crippen LogP contribution is 2.49. The molecule has 0 spiro atoms. The minimum Gasteiger partial charge on any atom is -0.478 e. The smallest absolute Gasteiger partial charge is 0.271 e. The molecule has 0 bridgehead atoms. The number of ether oxygens (including phenoxy) is 1. The van der Waals surface area contributed by atoms with Gasteiger partial charge in [-0.05, 0) is 103 Å². The van der Waals surface area contributed by atoms with Crippen LogP contribution in [0.4, 0.5) is 11.4 Å². The average molecular weight is 738 g/mol. The molecule has 1 aromatic heterocycles. The Bertz CT molecular complexity index is 1840. The van der Waals surface area contributed by atoms with E-state index in [0.717, 1.165) is 45.3 Å². The normalized spacial score (nSPS) is 18.7. The number of aryl methyl sites for hydroxylation is 1. The van der Waals surface area contributed by atoms with Gasteiger partial charge in [-0.3, -0.25) is 10.1 Å². The third kappa shape index (κ3) is 5.71. The van der Waals surface area contributed by atoms with E-state index in [-0.39, 0.29) is 17.3 Å². The number of amides is 1. The predicted octanol–water partition coefficient (Wildman–Crippen LogP) is 4.91. The third-order valence-corrected chi connectivity index (χ3v) is 11.0. The number of rotatable bonds is 9. The molecule has 1 amide bonds. The van der Waals surface area contributed by atoms with Gasteiger partial charge < -0.3 is 14.5 Å². The number of piperazine rings is 1. The van der Waals surface area contributed by atoms with Crippen molar-refractivity contribution in [3.8, 4) is 5.88 Å². The first-order chi connectivity index (χ1) is 21.7. The largest absolute Gasteiger partial charge is 0.478 e. The van der Waals surface area contributed by atoms with Crippen LogP contribution >= 0.6 is 22.6 Å². The number of hydrogen-bond acceptors (Lipinski definition) is 8. The van der Waals surface area contributed by atoms with Crippen LogP contribution in [0.25, 0.3) is 0 Å². The third-order valence-electron chi connectivity index (χ3n) is 8.49. The van der Waals surface area contributed by atoms with Gasteiger partial charge in [0.15, 0.2) is 5.54 Å². The molecule has 9 nitrogen and oxygen atoms in total. The fourth-order valence-electron chi connectivity index (χ4n) is 6.16. The molecule has 0 aliphatic carbocycles. The van der Waals surface area contributed by atoms with Gasteiger partial charge in [0.2, 0.25) is 5.88 Å². The molecule has 1 atom stereocenters. The van der Waals surface area contributed by atoms with Crippen LogP contribution in [0.1, 0.15) is 29.2 Å². The van der Waals surface area contributed by atoms with Gasteiger partial charge in [0, 0.05) is 59.3 Å². The van der Waals surface area contributed by atoms with Crippen LogP contribution in [0.3, 0.4) is 0 Å². The monoisotopic (exact) mass is 737 g/mol. The molecule has 2 aliphatic rings. The van der Waals surface area contributed by atoms with Crippen LogP contribution in [0, 0.1) is 10.5 Å². The standard InChI is InChI=1S/C34H36IN5O4S/c1-4-44-32-28(12-8-16-36-32)34(37-23-25-10-7-11-27(21-25)39-19-17-38(3)18-20-39)29-22-26(35)14-15-30(29)40(33(34)41)45(42,43)31-13-6-5-9-24(31)2/h5-16,21-22,37H,4,17-20,23H2,1-3H3. The second kappa shape index (κ2) is 12.7. The molecule has 1 fully saturated rings. The van der Waals surface area contributed by atoms with Crippen LogP contribution in [-0.4, -0.2) is 64.0 Å². The number of likely N-dealkylation sites (N-methyl/N-ethyl adjacent to an activating group) is 1. The summed E-state index contributed by atoms with van der Waals surface area (Å²) in [6, 6.07) is 23.9. The van der Waals surface area contributed by atoms with Crippen molar-refractivity contribution in [2.75, 3.05) is 49.0 Å². The molecule has 6 rings (SSSR count). The van der Waals surface area contributed by atoms with Gasteiger partial charge in [-0.15, -0.1) is 0 Å². The van der Waals surface area contributed by atoms with Crippen molar-refractivity contribution < 1.29 is 17.9 Å². The Kier molecular flexibility index (Phi) is 8.88. The Hall–Kier alpha value is -3.52. The van der Waals surface area contributed by atoms with E-state index in [1.165, 1.54) is 6.07 Å². The number of benzene rings is 3. The van der Waals surface area contributed by atoms with E-state index >= 15 is 4.79 Å². The fraction of sp³-hybridized carbons (Fsp3) is 0.294. The van der Waals surface area contributed by atoms with E-state index in [0.29, 0.717) is 29.0 Å². The minimum absolute atomic E-state index is 0.0785. The lowest BCUT2D eigenvalue weighted by Crippen LogP contribution is -2.52. The number of anilines is 2. The molecule has 2 aliphatic heterocycles. The highest BCUT2D eigenvalue weighted by molar-refractivity contribution is 14.1. The van der Waals surface area contributed by atoms with E-state index in [1.54, 1.807) is 49.5 Å². The molecule has 3 aromatic carbocycles. The summed E-state index contributed by atoms with van der Waals surface area (Å²) in [5.74, 6) is -0.362. The van der Waals surface area contributed by atoms with Gasteiger partial charge in [0.1, 0.15) is 0 Å². The van der Waals surface area contributed by atoms with E-state index < -0.39 is 21.5 Å². The van der Waals surface area contributed by atoms with E-state index in [2.05, 4.69) is 61.9 Å². The number of nitrogens with zero attached hydrogens (tertiary/aromatic N) is 4. The van der Waals surface area contributed by atoms with Crippen molar-refractivity contribution in [1.29, 1.82) is 0 Å². The molecule has 234 valence electrons. The van der Waals surface area contributed by atoms with Gasteiger partial charge in [-0.2, -0.15) is 0 Å². The lowest BCUT2D eigenvalue weighted by Gasteiger charge is -2.34. The van der Waals surface area contributed by atoms with E-state index in [1.807, 2.05) is 31.2 Å². The first-order valence-electron chi connectivity index (χ1n) is 15.0. The van der Waals surface area contributed by atoms with Crippen molar-refractivity contribution in [3.63, 3.8) is 0 Å². The molecule has 11 heteroatoms. The second-order valence-electron chi connectivity index (χ2n) is 11.4. The zero-order valence-electron chi connectivity index (χ0n) is 25.5. The van der Waals surface area contributed by atoms with Gasteiger partial charge in [0.05, 0.1) is 17.2 Å². The van der Waals surface area contributed by atoms with Crippen LogP contribution in [0.2, 0.25) is 0 Å². The number of nitrogens with one attached hydrogen (secondary N) is 1. The summed E-state index contributed by atoms with van der Waals surface area (Å²) in [6.45, 7) is 8.04. The Labute approximate surface area is 278 Å². The Balaban J connectivity index is 1.50. The predicted molar refractivity (Wildman–Crippen MR) is 184 cm³/mol. The summed E-state index contributed by atoms with van der Waals surface area (Å²) in [5, 5.41) is 3.56. The van der Waals surface area contributed by atoms with Gasteiger partial charge in [0.25, 0.3) is 15.9 Å². The van der Waals surface area contributed by atoms with Crippen molar-refractivity contribution in [3.05, 3.63) is 111 Å². The maximum Gasteiger partial charge on any atom is 0.271 e. The zero-order valence-corrected chi connectivity index (χ0v) is 28.5. The molecule has 1 N–H and O–H groups in total. The molecule has 45 heavy (non-hydrogen) atoms. The van der Waals surface area contributed by atoms with Crippen LogP contribution in [0.5, 0.6) is 5.88 Å². The number of hydrogen-bond donors (Lipinski definition) is 1. The molecule has 0 saturated carbocycles. The van der Waals surface area contributed by atoms with Gasteiger partial charge in [-0.25, -0.2) is 17.7 Å². The zero-order chi connectivity index (χ0) is 31.8. The average Bonchev–Trinajstić information content (AvgIpc) is 3.29. The quantitative estimate of drug-likeness (QED) is 0.243. The van der Waals surface area contributed by atoms with Crippen molar-refractivity contribution in [2.24, 2.45) is 0 Å². The SMILES string of the molecule is CCOc1ncccc1C1(NCc2cccc(N3CCN(C)CC3)c2)C(=O)N(S(=O)(=O)c2ccccc2C)c2ccc(I)cc21. The molecule has 4 aromatic rings. The Morgan fingerprint density at radius 3 is 2.49 bits per heavy atom. The second-order valence-corrected chi connectivity index (χ2v) is 14.4. The Morgan fingerprint density at radius 2 is 1.73 bits per heavy atom. The highest BCUT2D eigenvalue weighted by Gasteiger charge is 2.57. The number of halogens is 1. The number of carbonyl (C=O) groups is 1. The number of pyridine rings is 1. The van der Waals surface area contributed by atoms with Gasteiger partial charge in [-0.1, -0.05) is 30.3 Å². The van der Waals surface area contributed by atoms with E-state index in [9.17, 15) is 8.42 Å².